The van der Waals surface area contributed by atoms with Crippen LogP contribution in [-0.2, 0) is 42.2 Å². The number of carbonyl (C=O) groups is 3. The van der Waals surface area contributed by atoms with Gasteiger partial charge in [0.15, 0.2) is 6.10 Å². The predicted octanol–water partition coefficient (Wildman–Crippen LogP) is 14.8. The van der Waals surface area contributed by atoms with Crippen LogP contribution in [0.3, 0.4) is 0 Å². The third-order valence-electron chi connectivity index (χ3n) is 10.9. The second kappa shape index (κ2) is 48.6. The molecule has 0 rings (SSSR count). The number of phosphoric ester groups is 1. The summed E-state index contributed by atoms with van der Waals surface area (Å²) in [7, 11) is -4.75. The molecule has 0 fully saturated rings. The molecular formula is C54H95O11P. The van der Waals surface area contributed by atoms with Gasteiger partial charge in [0.05, 0.1) is 19.8 Å². The topological polar surface area (TPSA) is 155 Å². The summed E-state index contributed by atoms with van der Waals surface area (Å²) < 4.78 is 39.3. The lowest BCUT2D eigenvalue weighted by molar-refractivity contribution is -0.161. The first-order valence-corrected chi connectivity index (χ1v) is 27.7. The molecule has 66 heavy (non-hydrogen) atoms. The molecule has 0 aromatic carbocycles. The zero-order chi connectivity index (χ0) is 48.4. The summed E-state index contributed by atoms with van der Waals surface area (Å²) in [5.74, 6) is -1.52. The maximum atomic E-state index is 12.8. The smallest absolute Gasteiger partial charge is 0.462 e. The number of aliphatic hydroxyl groups is 1. The number of allylic oxidation sites excluding steroid dienone is 10. The molecule has 0 radical (unpaired) electrons. The lowest BCUT2D eigenvalue weighted by Crippen LogP contribution is -2.30. The Labute approximate surface area is 402 Å². The number of esters is 3. The van der Waals surface area contributed by atoms with Gasteiger partial charge < -0.3 is 24.2 Å². The number of carbonyl (C=O) groups excluding carboxylic acids is 3. The normalized spacial score (nSPS) is 14.0. The van der Waals surface area contributed by atoms with E-state index in [-0.39, 0.29) is 25.9 Å². The Balaban J connectivity index is 4.74. The molecule has 0 aromatic rings. The fourth-order valence-electron chi connectivity index (χ4n) is 6.93. The maximum Gasteiger partial charge on any atom is 0.472 e. The summed E-state index contributed by atoms with van der Waals surface area (Å²) in [6.07, 6.45) is 50.6. The van der Waals surface area contributed by atoms with Gasteiger partial charge in [-0.25, -0.2) is 4.57 Å². The van der Waals surface area contributed by atoms with Gasteiger partial charge in [0.1, 0.15) is 12.7 Å². The van der Waals surface area contributed by atoms with Gasteiger partial charge in [0, 0.05) is 19.3 Å². The SMILES string of the molecule is CC/C=C\C/C=C\C/C=C\C/C=C\CCCCC(=O)OC(COC(=O)CCCCCCCCCCC)COP(=O)(O)OCC(CO)OC(=O)CCCCCCC/C=C\CCCCCCCC. The Hall–Kier alpha value is -2.82. The minimum absolute atomic E-state index is 0.115. The van der Waals surface area contributed by atoms with E-state index in [1.54, 1.807) is 0 Å². The van der Waals surface area contributed by atoms with E-state index in [4.69, 9.17) is 23.3 Å². The molecule has 12 heteroatoms. The highest BCUT2D eigenvalue weighted by atomic mass is 31.2. The Morgan fingerprint density at radius 2 is 0.788 bits per heavy atom. The van der Waals surface area contributed by atoms with Gasteiger partial charge in [-0.05, 0) is 83.5 Å². The molecule has 3 unspecified atom stereocenters. The molecule has 0 aliphatic heterocycles. The van der Waals surface area contributed by atoms with Gasteiger partial charge in [0.2, 0.25) is 0 Å². The van der Waals surface area contributed by atoms with E-state index >= 15 is 0 Å². The van der Waals surface area contributed by atoms with E-state index < -0.39 is 57.8 Å². The van der Waals surface area contributed by atoms with Crippen molar-refractivity contribution in [3.63, 3.8) is 0 Å². The molecule has 0 amide bonds. The van der Waals surface area contributed by atoms with Crippen LogP contribution in [0.25, 0.3) is 0 Å². The molecule has 382 valence electrons. The third kappa shape index (κ3) is 46.3. The first-order valence-electron chi connectivity index (χ1n) is 26.2. The summed E-state index contributed by atoms with van der Waals surface area (Å²) in [6.45, 7) is 4.44. The molecule has 0 aliphatic carbocycles. The van der Waals surface area contributed by atoms with Crippen molar-refractivity contribution in [1.29, 1.82) is 0 Å². The van der Waals surface area contributed by atoms with Crippen LogP contribution >= 0.6 is 7.82 Å². The number of rotatable bonds is 48. The van der Waals surface area contributed by atoms with E-state index in [1.807, 2.05) is 0 Å². The van der Waals surface area contributed by atoms with Gasteiger partial charge in [-0.15, -0.1) is 0 Å². The Morgan fingerprint density at radius 1 is 0.439 bits per heavy atom. The van der Waals surface area contributed by atoms with Gasteiger partial charge in [0.25, 0.3) is 0 Å². The maximum absolute atomic E-state index is 12.8. The van der Waals surface area contributed by atoms with Crippen molar-refractivity contribution in [2.45, 2.75) is 238 Å². The number of hydrogen-bond donors (Lipinski definition) is 2. The summed E-state index contributed by atoms with van der Waals surface area (Å²) in [6, 6.07) is 0. The highest BCUT2D eigenvalue weighted by Gasteiger charge is 2.28. The second-order valence-electron chi connectivity index (χ2n) is 17.3. The molecule has 0 heterocycles. The lowest BCUT2D eigenvalue weighted by atomic mass is 10.1. The van der Waals surface area contributed by atoms with Gasteiger partial charge in [-0.3, -0.25) is 23.4 Å². The Morgan fingerprint density at radius 3 is 1.26 bits per heavy atom. The van der Waals surface area contributed by atoms with Crippen molar-refractivity contribution in [3.8, 4) is 0 Å². The summed E-state index contributed by atoms with van der Waals surface area (Å²) in [5.41, 5.74) is 0. The molecule has 0 aliphatic rings. The fraction of sp³-hybridized carbons (Fsp3) is 0.759. The zero-order valence-corrected chi connectivity index (χ0v) is 42.8. The molecule has 0 bridgehead atoms. The molecular weight excluding hydrogens is 856 g/mol. The lowest BCUT2D eigenvalue weighted by Gasteiger charge is -2.21. The highest BCUT2D eigenvalue weighted by molar-refractivity contribution is 7.47. The van der Waals surface area contributed by atoms with E-state index in [0.717, 1.165) is 96.3 Å². The van der Waals surface area contributed by atoms with Crippen LogP contribution < -0.4 is 0 Å². The van der Waals surface area contributed by atoms with Crippen molar-refractivity contribution in [1.82, 2.24) is 0 Å². The molecule has 0 spiro atoms. The van der Waals surface area contributed by atoms with Gasteiger partial charge in [-0.1, -0.05) is 184 Å². The summed E-state index contributed by atoms with van der Waals surface area (Å²) in [4.78, 5) is 48.2. The second-order valence-corrected chi connectivity index (χ2v) is 18.8. The molecule has 3 atom stereocenters. The Bertz CT molecular complexity index is 1340. The zero-order valence-electron chi connectivity index (χ0n) is 41.9. The number of hydrogen-bond acceptors (Lipinski definition) is 10. The molecule has 0 aromatic heterocycles. The number of unbranched alkanes of at least 4 members (excludes halogenated alkanes) is 21. The summed E-state index contributed by atoms with van der Waals surface area (Å²) in [5, 5.41) is 9.77. The first kappa shape index (κ1) is 63.2. The molecule has 0 saturated heterocycles. The van der Waals surface area contributed by atoms with E-state index in [2.05, 4.69) is 81.5 Å². The highest BCUT2D eigenvalue weighted by Crippen LogP contribution is 2.43. The van der Waals surface area contributed by atoms with Crippen LogP contribution in [0, 0.1) is 0 Å². The average molecular weight is 951 g/mol. The van der Waals surface area contributed by atoms with Crippen LogP contribution in [0.5, 0.6) is 0 Å². The van der Waals surface area contributed by atoms with Crippen LogP contribution in [0.15, 0.2) is 60.8 Å². The molecule has 0 saturated carbocycles. The minimum Gasteiger partial charge on any atom is -0.462 e. The first-order chi connectivity index (χ1) is 32.2. The predicted molar refractivity (Wildman–Crippen MR) is 270 cm³/mol. The molecule has 2 N–H and O–H groups in total. The number of phosphoric acid groups is 1. The van der Waals surface area contributed by atoms with Crippen LogP contribution in [0.2, 0.25) is 0 Å². The van der Waals surface area contributed by atoms with Crippen molar-refractivity contribution in [3.05, 3.63) is 60.8 Å². The van der Waals surface area contributed by atoms with Crippen LogP contribution in [-0.4, -0.2) is 66.5 Å². The quantitative estimate of drug-likeness (QED) is 0.0197. The Kier molecular flexibility index (Phi) is 46.6. The third-order valence-corrected chi connectivity index (χ3v) is 11.9. The standard InChI is InChI=1S/C54H95O11P/c1-4-7-10-13-16-19-21-23-25-27-29-32-35-38-41-44-53(57)64-50(46-55)48-62-66(59,60)63-49-51(47-61-52(56)43-40-37-34-31-18-15-12-9-6-3)65-54(58)45-42-39-36-33-30-28-26-24-22-20-17-14-11-8-5-2/h8,11,17,20,23-26,30,33,50-51,55H,4-7,9-10,12-16,18-19,21-22,27-29,31-32,34-49H2,1-3H3,(H,59,60)/b11-8-,20-17-,25-23-,26-24-,33-30-. The fourth-order valence-corrected chi connectivity index (χ4v) is 7.71. The largest absolute Gasteiger partial charge is 0.472 e. The van der Waals surface area contributed by atoms with Crippen molar-refractivity contribution < 1.29 is 52.2 Å². The van der Waals surface area contributed by atoms with Gasteiger partial charge in [-0.2, -0.15) is 0 Å². The van der Waals surface area contributed by atoms with Crippen molar-refractivity contribution in [2.75, 3.05) is 26.4 Å². The van der Waals surface area contributed by atoms with Crippen LogP contribution in [0.4, 0.5) is 0 Å². The van der Waals surface area contributed by atoms with Crippen molar-refractivity contribution in [2.24, 2.45) is 0 Å². The van der Waals surface area contributed by atoms with Gasteiger partial charge >= 0.3 is 25.7 Å². The van der Waals surface area contributed by atoms with Crippen molar-refractivity contribution >= 4 is 25.7 Å². The molecule has 11 nitrogen and oxygen atoms in total. The monoisotopic (exact) mass is 951 g/mol. The number of aliphatic hydroxyl groups excluding tert-OH is 1. The average Bonchev–Trinajstić information content (AvgIpc) is 3.30. The summed E-state index contributed by atoms with van der Waals surface area (Å²) >= 11 is 0. The number of ether oxygens (including phenoxy) is 3. The van der Waals surface area contributed by atoms with E-state index in [1.165, 1.54) is 70.6 Å². The van der Waals surface area contributed by atoms with E-state index in [0.29, 0.717) is 19.3 Å². The van der Waals surface area contributed by atoms with E-state index in [9.17, 15) is 28.9 Å². The minimum atomic E-state index is -4.75. The van der Waals surface area contributed by atoms with Crippen LogP contribution in [0.1, 0.15) is 226 Å².